The fourth-order valence-electron chi connectivity index (χ4n) is 3.19. The Kier molecular flexibility index (Phi) is 5.07. The maximum atomic E-state index is 13.2. The van der Waals surface area contributed by atoms with E-state index in [1.807, 2.05) is 20.8 Å². The molecule has 0 atom stereocenters. The second-order valence-corrected chi connectivity index (χ2v) is 7.28. The number of carbonyl (C=O) groups excluding carboxylic acids is 2. The van der Waals surface area contributed by atoms with E-state index in [2.05, 4.69) is 10.6 Å². The molecule has 5 heteroatoms. The molecule has 2 amide bonds. The van der Waals surface area contributed by atoms with Crippen molar-refractivity contribution >= 4 is 11.8 Å². The van der Waals surface area contributed by atoms with Crippen molar-refractivity contribution in [2.24, 2.45) is 0 Å². The lowest BCUT2D eigenvalue weighted by molar-refractivity contribution is -0.130. The molecule has 0 spiro atoms. The Balaban J connectivity index is 2.07. The Morgan fingerprint density at radius 3 is 2.22 bits per heavy atom. The fraction of sp³-hybridized carbons (Fsp3) is 0.556. The van der Waals surface area contributed by atoms with Crippen molar-refractivity contribution < 1.29 is 14.0 Å². The third-order valence-electron chi connectivity index (χ3n) is 4.21. The number of hydrogen-bond donors (Lipinski definition) is 2. The highest BCUT2D eigenvalue weighted by Crippen LogP contribution is 2.41. The summed E-state index contributed by atoms with van der Waals surface area (Å²) in [5.41, 5.74) is -0.148. The van der Waals surface area contributed by atoms with Gasteiger partial charge in [0.1, 0.15) is 5.82 Å². The van der Waals surface area contributed by atoms with Gasteiger partial charge in [0.15, 0.2) is 0 Å². The maximum Gasteiger partial charge on any atom is 0.239 e. The molecule has 0 aliphatic heterocycles. The molecule has 23 heavy (non-hydrogen) atoms. The van der Waals surface area contributed by atoms with Gasteiger partial charge >= 0.3 is 0 Å². The molecule has 2 N–H and O–H groups in total. The molecule has 1 fully saturated rings. The van der Waals surface area contributed by atoms with Crippen molar-refractivity contribution in [3.63, 3.8) is 0 Å². The van der Waals surface area contributed by atoms with E-state index in [4.69, 9.17) is 0 Å². The van der Waals surface area contributed by atoms with Gasteiger partial charge < -0.3 is 10.6 Å². The Bertz CT molecular complexity index is 570. The molecular formula is C18H25FN2O2. The van der Waals surface area contributed by atoms with E-state index in [1.165, 1.54) is 12.1 Å². The molecule has 1 aliphatic rings. The number of halogens is 1. The van der Waals surface area contributed by atoms with Crippen LogP contribution in [0.2, 0.25) is 0 Å². The van der Waals surface area contributed by atoms with Gasteiger partial charge in [-0.25, -0.2) is 4.39 Å². The normalized spacial score (nSPS) is 16.9. The number of amides is 2. The van der Waals surface area contributed by atoms with Crippen LogP contribution in [-0.2, 0) is 15.0 Å². The highest BCUT2D eigenvalue weighted by atomic mass is 19.1. The van der Waals surface area contributed by atoms with E-state index in [9.17, 15) is 14.0 Å². The molecule has 0 heterocycles. The molecule has 0 unspecified atom stereocenters. The van der Waals surface area contributed by atoms with Crippen LogP contribution in [0.25, 0.3) is 0 Å². The monoisotopic (exact) mass is 320 g/mol. The van der Waals surface area contributed by atoms with Gasteiger partial charge in [0, 0.05) is 5.54 Å². The summed E-state index contributed by atoms with van der Waals surface area (Å²) in [7, 11) is 0. The molecule has 0 bridgehead atoms. The van der Waals surface area contributed by atoms with Crippen LogP contribution in [0, 0.1) is 5.82 Å². The second kappa shape index (κ2) is 6.69. The molecule has 0 saturated heterocycles. The van der Waals surface area contributed by atoms with E-state index < -0.39 is 5.41 Å². The van der Waals surface area contributed by atoms with Gasteiger partial charge in [-0.05, 0) is 51.3 Å². The zero-order valence-electron chi connectivity index (χ0n) is 14.0. The summed E-state index contributed by atoms with van der Waals surface area (Å²) in [4.78, 5) is 24.6. The minimum Gasteiger partial charge on any atom is -0.350 e. The van der Waals surface area contributed by atoms with Crippen LogP contribution in [0.15, 0.2) is 24.3 Å². The van der Waals surface area contributed by atoms with Crippen LogP contribution in [0.3, 0.4) is 0 Å². The number of carbonyl (C=O) groups is 2. The third-order valence-corrected chi connectivity index (χ3v) is 4.21. The predicted molar refractivity (Wildman–Crippen MR) is 87.5 cm³/mol. The molecule has 126 valence electrons. The Morgan fingerprint density at radius 1 is 1.13 bits per heavy atom. The number of benzene rings is 1. The second-order valence-electron chi connectivity index (χ2n) is 7.28. The SMILES string of the molecule is CC(C)(C)NC(=O)CNC(=O)C1(c2ccc(F)cc2)CCCC1. The van der Waals surface area contributed by atoms with Crippen LogP contribution in [0.4, 0.5) is 4.39 Å². The van der Waals surface area contributed by atoms with Gasteiger partial charge in [0.25, 0.3) is 0 Å². The van der Waals surface area contributed by atoms with E-state index in [0.717, 1.165) is 31.2 Å². The smallest absolute Gasteiger partial charge is 0.239 e. The lowest BCUT2D eigenvalue weighted by Crippen LogP contribution is -2.49. The van der Waals surface area contributed by atoms with Gasteiger partial charge in [-0.15, -0.1) is 0 Å². The summed E-state index contributed by atoms with van der Waals surface area (Å²) in [6.07, 6.45) is 3.37. The summed E-state index contributed by atoms with van der Waals surface area (Å²) < 4.78 is 13.2. The first-order valence-electron chi connectivity index (χ1n) is 8.08. The molecule has 0 radical (unpaired) electrons. The zero-order valence-corrected chi connectivity index (χ0v) is 14.0. The van der Waals surface area contributed by atoms with Crippen LogP contribution in [0.5, 0.6) is 0 Å². The van der Waals surface area contributed by atoms with Gasteiger partial charge in [0.05, 0.1) is 12.0 Å². The van der Waals surface area contributed by atoms with E-state index >= 15 is 0 Å². The Labute approximate surface area is 136 Å². The van der Waals surface area contributed by atoms with Gasteiger partial charge in [0.2, 0.25) is 11.8 Å². The van der Waals surface area contributed by atoms with Crippen molar-refractivity contribution in [3.05, 3.63) is 35.6 Å². The van der Waals surface area contributed by atoms with Crippen molar-refractivity contribution in [2.45, 2.75) is 57.4 Å². The zero-order chi connectivity index (χ0) is 17.1. The fourth-order valence-corrected chi connectivity index (χ4v) is 3.19. The standard InChI is InChI=1S/C18H25FN2O2/c1-17(2,3)21-15(22)12-20-16(23)18(10-4-5-11-18)13-6-8-14(19)9-7-13/h6-9H,4-5,10-12H2,1-3H3,(H,20,23)(H,21,22). The molecule has 1 aromatic rings. The van der Waals surface area contributed by atoms with Crippen molar-refractivity contribution in [1.29, 1.82) is 0 Å². The van der Waals surface area contributed by atoms with Crippen molar-refractivity contribution in [3.8, 4) is 0 Å². The van der Waals surface area contributed by atoms with Crippen LogP contribution in [-0.4, -0.2) is 23.9 Å². The quantitative estimate of drug-likeness (QED) is 0.896. The first kappa shape index (κ1) is 17.4. The predicted octanol–water partition coefficient (Wildman–Crippen LogP) is 2.67. The molecule has 1 saturated carbocycles. The third kappa shape index (κ3) is 4.30. The van der Waals surface area contributed by atoms with Gasteiger partial charge in [-0.3, -0.25) is 9.59 Å². The lowest BCUT2D eigenvalue weighted by atomic mass is 9.78. The summed E-state index contributed by atoms with van der Waals surface area (Å²) in [6, 6.07) is 6.12. The number of nitrogens with one attached hydrogen (secondary N) is 2. The Morgan fingerprint density at radius 2 is 1.70 bits per heavy atom. The van der Waals surface area contributed by atoms with E-state index in [0.29, 0.717) is 0 Å². The minimum atomic E-state index is -0.643. The Hall–Kier alpha value is -1.91. The lowest BCUT2D eigenvalue weighted by Gasteiger charge is -2.28. The average molecular weight is 320 g/mol. The highest BCUT2D eigenvalue weighted by Gasteiger charge is 2.42. The maximum absolute atomic E-state index is 13.2. The summed E-state index contributed by atoms with van der Waals surface area (Å²) in [5, 5.41) is 5.58. The largest absolute Gasteiger partial charge is 0.350 e. The topological polar surface area (TPSA) is 58.2 Å². The number of rotatable bonds is 4. The van der Waals surface area contributed by atoms with E-state index in [1.54, 1.807) is 12.1 Å². The molecule has 0 aromatic heterocycles. The van der Waals surface area contributed by atoms with Crippen molar-refractivity contribution in [1.82, 2.24) is 10.6 Å². The van der Waals surface area contributed by atoms with Crippen LogP contribution >= 0.6 is 0 Å². The molecule has 1 aliphatic carbocycles. The first-order valence-corrected chi connectivity index (χ1v) is 8.08. The molecular weight excluding hydrogens is 295 g/mol. The average Bonchev–Trinajstić information content (AvgIpc) is 2.94. The molecule has 4 nitrogen and oxygen atoms in total. The van der Waals surface area contributed by atoms with E-state index in [-0.39, 0.29) is 29.7 Å². The summed E-state index contributed by atoms with van der Waals surface area (Å²) in [5.74, 6) is -0.671. The van der Waals surface area contributed by atoms with Crippen LogP contribution < -0.4 is 10.6 Å². The van der Waals surface area contributed by atoms with Gasteiger partial charge in [-0.1, -0.05) is 25.0 Å². The minimum absolute atomic E-state index is 0.0426. The molecule has 2 rings (SSSR count). The first-order chi connectivity index (χ1) is 10.7. The summed E-state index contributed by atoms with van der Waals surface area (Å²) >= 11 is 0. The molecule has 1 aromatic carbocycles. The van der Waals surface area contributed by atoms with Gasteiger partial charge in [-0.2, -0.15) is 0 Å². The van der Waals surface area contributed by atoms with Crippen molar-refractivity contribution in [2.75, 3.05) is 6.54 Å². The summed E-state index contributed by atoms with van der Waals surface area (Å²) in [6.45, 7) is 5.64. The highest BCUT2D eigenvalue weighted by molar-refractivity contribution is 5.92. The number of hydrogen-bond acceptors (Lipinski definition) is 2. The van der Waals surface area contributed by atoms with Crippen LogP contribution in [0.1, 0.15) is 52.0 Å².